The zero-order valence-corrected chi connectivity index (χ0v) is 15.8. The summed E-state index contributed by atoms with van der Waals surface area (Å²) in [6.45, 7) is 1.19. The molecule has 2 amide bonds. The van der Waals surface area contributed by atoms with E-state index in [2.05, 4.69) is 10.6 Å². The lowest BCUT2D eigenvalue weighted by Crippen LogP contribution is -2.19. The molecule has 0 saturated heterocycles. The fourth-order valence-electron chi connectivity index (χ4n) is 3.47. The number of anilines is 2. The molecular weight excluding hydrogens is 356 g/mol. The summed E-state index contributed by atoms with van der Waals surface area (Å²) in [5.74, 6) is 1.66. The number of carbonyl (C=O) groups is 2. The van der Waals surface area contributed by atoms with Crippen molar-refractivity contribution in [2.45, 2.75) is 38.5 Å². The first kappa shape index (κ1) is 18.3. The van der Waals surface area contributed by atoms with Crippen molar-refractivity contribution in [2.75, 3.05) is 23.8 Å². The van der Waals surface area contributed by atoms with E-state index in [4.69, 9.17) is 9.47 Å². The second kappa shape index (κ2) is 8.33. The lowest BCUT2D eigenvalue weighted by Gasteiger charge is -2.18. The van der Waals surface area contributed by atoms with Crippen molar-refractivity contribution in [3.05, 3.63) is 47.5 Å². The standard InChI is InChI=1S/C22H24N2O4/c25-21-9-5-15-3-7-17(13-19(15)23-21)27-11-1-2-12-28-18-8-4-16-6-10-22(26)24-20(16)14-18/h3-4,7-8,13-14H,1-2,5-6,9-12H2,(H,23,25)(H,24,26). The second-order valence-corrected chi connectivity index (χ2v) is 7.14. The van der Waals surface area contributed by atoms with Crippen LogP contribution in [0.3, 0.4) is 0 Å². The van der Waals surface area contributed by atoms with E-state index in [1.165, 1.54) is 0 Å². The molecular formula is C22H24N2O4. The molecule has 4 rings (SSSR count). The van der Waals surface area contributed by atoms with Crippen LogP contribution in [0.5, 0.6) is 11.5 Å². The molecule has 0 bridgehead atoms. The van der Waals surface area contributed by atoms with E-state index in [0.717, 1.165) is 59.7 Å². The van der Waals surface area contributed by atoms with E-state index in [9.17, 15) is 9.59 Å². The Morgan fingerprint density at radius 2 is 1.14 bits per heavy atom. The lowest BCUT2D eigenvalue weighted by atomic mass is 10.0. The molecule has 2 heterocycles. The van der Waals surface area contributed by atoms with Crippen molar-refractivity contribution in [1.82, 2.24) is 0 Å². The van der Waals surface area contributed by atoms with Gasteiger partial charge in [-0.2, -0.15) is 0 Å². The Morgan fingerprint density at radius 1 is 0.679 bits per heavy atom. The van der Waals surface area contributed by atoms with Crippen LogP contribution >= 0.6 is 0 Å². The van der Waals surface area contributed by atoms with Gasteiger partial charge in [0, 0.05) is 36.3 Å². The number of carbonyl (C=O) groups excluding carboxylic acids is 2. The van der Waals surface area contributed by atoms with Crippen molar-refractivity contribution in [2.24, 2.45) is 0 Å². The Labute approximate surface area is 164 Å². The molecule has 0 aliphatic carbocycles. The zero-order chi connectivity index (χ0) is 19.3. The summed E-state index contributed by atoms with van der Waals surface area (Å²) in [6.07, 6.45) is 4.39. The molecule has 2 aromatic rings. The summed E-state index contributed by atoms with van der Waals surface area (Å²) in [7, 11) is 0. The minimum atomic E-state index is 0.0588. The molecule has 0 fully saturated rings. The molecule has 0 radical (unpaired) electrons. The number of benzene rings is 2. The third-order valence-electron chi connectivity index (χ3n) is 5.03. The van der Waals surface area contributed by atoms with E-state index in [-0.39, 0.29) is 11.8 Å². The minimum Gasteiger partial charge on any atom is -0.494 e. The van der Waals surface area contributed by atoms with Crippen LogP contribution in [-0.2, 0) is 22.4 Å². The minimum absolute atomic E-state index is 0.0588. The first-order valence-electron chi connectivity index (χ1n) is 9.78. The Balaban J connectivity index is 1.19. The number of nitrogens with one attached hydrogen (secondary N) is 2. The molecule has 28 heavy (non-hydrogen) atoms. The Bertz CT molecular complexity index is 821. The van der Waals surface area contributed by atoms with Crippen LogP contribution in [-0.4, -0.2) is 25.0 Å². The third-order valence-corrected chi connectivity index (χ3v) is 5.03. The van der Waals surface area contributed by atoms with Gasteiger partial charge in [-0.3, -0.25) is 9.59 Å². The lowest BCUT2D eigenvalue weighted by molar-refractivity contribution is -0.117. The van der Waals surface area contributed by atoms with Gasteiger partial charge < -0.3 is 20.1 Å². The van der Waals surface area contributed by atoms with Gasteiger partial charge in [-0.15, -0.1) is 0 Å². The van der Waals surface area contributed by atoms with Crippen LogP contribution in [0.4, 0.5) is 11.4 Å². The van der Waals surface area contributed by atoms with E-state index < -0.39 is 0 Å². The van der Waals surface area contributed by atoms with Gasteiger partial charge in [0.15, 0.2) is 0 Å². The average Bonchev–Trinajstić information content (AvgIpc) is 2.70. The van der Waals surface area contributed by atoms with Crippen LogP contribution in [0, 0.1) is 0 Å². The summed E-state index contributed by atoms with van der Waals surface area (Å²) in [5, 5.41) is 5.78. The monoisotopic (exact) mass is 380 g/mol. The van der Waals surface area contributed by atoms with Gasteiger partial charge in [-0.1, -0.05) is 12.1 Å². The number of fused-ring (bicyclic) bond motifs is 2. The summed E-state index contributed by atoms with van der Waals surface area (Å²) in [5.41, 5.74) is 4.02. The van der Waals surface area contributed by atoms with Crippen molar-refractivity contribution in [3.63, 3.8) is 0 Å². The van der Waals surface area contributed by atoms with Crippen molar-refractivity contribution in [1.29, 1.82) is 0 Å². The van der Waals surface area contributed by atoms with E-state index in [1.807, 2.05) is 36.4 Å². The average molecular weight is 380 g/mol. The molecule has 2 aliphatic rings. The molecule has 2 N–H and O–H groups in total. The van der Waals surface area contributed by atoms with Crippen LogP contribution in [0.25, 0.3) is 0 Å². The summed E-state index contributed by atoms with van der Waals surface area (Å²) >= 11 is 0. The normalized spacial score (nSPS) is 15.1. The Kier molecular flexibility index (Phi) is 5.46. The first-order valence-corrected chi connectivity index (χ1v) is 9.78. The molecule has 0 spiro atoms. The smallest absolute Gasteiger partial charge is 0.224 e. The molecule has 0 atom stereocenters. The van der Waals surface area contributed by atoms with Gasteiger partial charge in [0.2, 0.25) is 11.8 Å². The number of hydrogen-bond donors (Lipinski definition) is 2. The maximum absolute atomic E-state index is 11.5. The van der Waals surface area contributed by atoms with E-state index >= 15 is 0 Å². The maximum Gasteiger partial charge on any atom is 0.224 e. The molecule has 0 unspecified atom stereocenters. The first-order chi connectivity index (χ1) is 13.7. The number of unbranched alkanes of at least 4 members (excludes halogenated alkanes) is 1. The topological polar surface area (TPSA) is 76.7 Å². The highest BCUT2D eigenvalue weighted by atomic mass is 16.5. The highest BCUT2D eigenvalue weighted by molar-refractivity contribution is 5.94. The summed E-state index contributed by atoms with van der Waals surface area (Å²) < 4.78 is 11.6. The van der Waals surface area contributed by atoms with Gasteiger partial charge in [0.1, 0.15) is 11.5 Å². The van der Waals surface area contributed by atoms with Crippen LogP contribution in [0.2, 0.25) is 0 Å². The van der Waals surface area contributed by atoms with Crippen molar-refractivity contribution in [3.8, 4) is 11.5 Å². The van der Waals surface area contributed by atoms with Crippen LogP contribution < -0.4 is 20.1 Å². The number of amides is 2. The summed E-state index contributed by atoms with van der Waals surface area (Å²) in [4.78, 5) is 23.0. The van der Waals surface area contributed by atoms with Gasteiger partial charge >= 0.3 is 0 Å². The summed E-state index contributed by atoms with van der Waals surface area (Å²) in [6, 6.07) is 11.7. The third kappa shape index (κ3) is 4.44. The molecule has 6 nitrogen and oxygen atoms in total. The van der Waals surface area contributed by atoms with E-state index in [1.54, 1.807) is 0 Å². The van der Waals surface area contributed by atoms with Gasteiger partial charge in [0.25, 0.3) is 0 Å². The molecule has 6 heteroatoms. The second-order valence-electron chi connectivity index (χ2n) is 7.14. The molecule has 0 aromatic heterocycles. The number of ether oxygens (including phenoxy) is 2. The van der Waals surface area contributed by atoms with Crippen LogP contribution in [0.15, 0.2) is 36.4 Å². The fourth-order valence-corrected chi connectivity index (χ4v) is 3.47. The Hall–Kier alpha value is -3.02. The molecule has 146 valence electrons. The molecule has 2 aliphatic heterocycles. The highest BCUT2D eigenvalue weighted by Gasteiger charge is 2.16. The highest BCUT2D eigenvalue weighted by Crippen LogP contribution is 2.28. The predicted molar refractivity (Wildman–Crippen MR) is 107 cm³/mol. The number of rotatable bonds is 7. The largest absolute Gasteiger partial charge is 0.494 e. The zero-order valence-electron chi connectivity index (χ0n) is 15.8. The Morgan fingerprint density at radius 3 is 1.61 bits per heavy atom. The number of aryl methyl sites for hydroxylation is 2. The van der Waals surface area contributed by atoms with Gasteiger partial charge in [-0.05, 0) is 48.9 Å². The van der Waals surface area contributed by atoms with Gasteiger partial charge in [-0.25, -0.2) is 0 Å². The molecule has 0 saturated carbocycles. The maximum atomic E-state index is 11.5. The van der Waals surface area contributed by atoms with Crippen molar-refractivity contribution < 1.29 is 19.1 Å². The van der Waals surface area contributed by atoms with Crippen LogP contribution in [0.1, 0.15) is 36.8 Å². The quantitative estimate of drug-likeness (QED) is 0.718. The number of hydrogen-bond acceptors (Lipinski definition) is 4. The predicted octanol–water partition coefficient (Wildman–Crippen LogP) is 3.69. The van der Waals surface area contributed by atoms with Crippen molar-refractivity contribution >= 4 is 23.2 Å². The van der Waals surface area contributed by atoms with Gasteiger partial charge in [0.05, 0.1) is 13.2 Å². The SMILES string of the molecule is O=C1CCc2ccc(OCCCCOc3ccc4c(c3)NC(=O)CC4)cc2N1. The van der Waals surface area contributed by atoms with E-state index in [0.29, 0.717) is 26.1 Å². The molecule has 2 aromatic carbocycles. The fraction of sp³-hybridized carbons (Fsp3) is 0.364.